The van der Waals surface area contributed by atoms with Crippen molar-refractivity contribution in [1.29, 1.82) is 0 Å². The molecule has 3 rings (SSSR count). The third-order valence-electron chi connectivity index (χ3n) is 4.65. The first kappa shape index (κ1) is 23.7. The maximum atomic E-state index is 12.8. The molecule has 8 nitrogen and oxygen atoms in total. The summed E-state index contributed by atoms with van der Waals surface area (Å²) in [5.41, 5.74) is 1.37. The van der Waals surface area contributed by atoms with Gasteiger partial charge in [0.1, 0.15) is 5.75 Å². The molecule has 32 heavy (non-hydrogen) atoms. The standard InChI is InChI=1S/C22H25N3O5S2/c1-3-5-15-30-19-9-11-20(12-10-19)32(28,29)25-18-8-6-7-17(16-18)21-13-14-22(24-23-21)31(26,27)4-2/h6-14,16,25H,3-5,15H2,1-2H3. The van der Waals surface area contributed by atoms with Gasteiger partial charge in [0.25, 0.3) is 10.0 Å². The van der Waals surface area contributed by atoms with Gasteiger partial charge in [0, 0.05) is 11.3 Å². The minimum Gasteiger partial charge on any atom is -0.494 e. The molecule has 10 heteroatoms. The first-order valence-corrected chi connectivity index (χ1v) is 13.3. The lowest BCUT2D eigenvalue weighted by Gasteiger charge is -2.11. The normalized spacial score (nSPS) is 11.8. The van der Waals surface area contributed by atoms with Crippen LogP contribution in [-0.2, 0) is 19.9 Å². The van der Waals surface area contributed by atoms with Gasteiger partial charge in [-0.25, -0.2) is 16.8 Å². The topological polar surface area (TPSA) is 115 Å². The summed E-state index contributed by atoms with van der Waals surface area (Å²) >= 11 is 0. The van der Waals surface area contributed by atoms with E-state index in [9.17, 15) is 16.8 Å². The van der Waals surface area contributed by atoms with Crippen LogP contribution in [0.4, 0.5) is 5.69 Å². The minimum absolute atomic E-state index is 0.0653. The molecule has 0 aliphatic rings. The lowest BCUT2D eigenvalue weighted by atomic mass is 10.1. The second-order valence-corrected chi connectivity index (χ2v) is 10.9. The van der Waals surface area contributed by atoms with Gasteiger partial charge in [-0.2, -0.15) is 0 Å². The Kier molecular flexibility index (Phi) is 7.47. The van der Waals surface area contributed by atoms with Crippen LogP contribution in [0.5, 0.6) is 5.75 Å². The lowest BCUT2D eigenvalue weighted by molar-refractivity contribution is 0.309. The van der Waals surface area contributed by atoms with Crippen LogP contribution >= 0.6 is 0 Å². The number of unbranched alkanes of at least 4 members (excludes halogenated alkanes) is 1. The van der Waals surface area contributed by atoms with Crippen LogP contribution in [0, 0.1) is 0 Å². The van der Waals surface area contributed by atoms with Crippen LogP contribution in [0.3, 0.4) is 0 Å². The molecule has 0 aliphatic carbocycles. The Morgan fingerprint density at radius 1 is 0.906 bits per heavy atom. The van der Waals surface area contributed by atoms with E-state index in [4.69, 9.17) is 4.74 Å². The molecule has 1 aromatic heterocycles. The molecule has 0 aliphatic heterocycles. The zero-order valence-electron chi connectivity index (χ0n) is 17.9. The molecule has 0 saturated heterocycles. The number of nitrogens with zero attached hydrogens (tertiary/aromatic N) is 2. The van der Waals surface area contributed by atoms with E-state index < -0.39 is 19.9 Å². The highest BCUT2D eigenvalue weighted by Gasteiger charge is 2.16. The first-order chi connectivity index (χ1) is 15.2. The Bertz CT molecular complexity index is 1260. The summed E-state index contributed by atoms with van der Waals surface area (Å²) < 4.78 is 57.4. The van der Waals surface area contributed by atoms with E-state index in [0.29, 0.717) is 29.3 Å². The smallest absolute Gasteiger partial charge is 0.261 e. The summed E-state index contributed by atoms with van der Waals surface area (Å²) in [4.78, 5) is 0.111. The van der Waals surface area contributed by atoms with Gasteiger partial charge in [-0.3, -0.25) is 4.72 Å². The molecule has 170 valence electrons. The molecule has 0 fully saturated rings. The molecule has 0 amide bonds. The average molecular weight is 476 g/mol. The van der Waals surface area contributed by atoms with Crippen LogP contribution in [0.1, 0.15) is 26.7 Å². The predicted molar refractivity (Wildman–Crippen MR) is 123 cm³/mol. The van der Waals surface area contributed by atoms with Crippen molar-refractivity contribution >= 4 is 25.5 Å². The summed E-state index contributed by atoms with van der Waals surface area (Å²) in [6, 6.07) is 15.8. The Balaban J connectivity index is 1.76. The molecule has 0 bridgehead atoms. The number of ether oxygens (including phenoxy) is 1. The van der Waals surface area contributed by atoms with Crippen LogP contribution in [0.2, 0.25) is 0 Å². The Morgan fingerprint density at radius 2 is 1.66 bits per heavy atom. The Morgan fingerprint density at radius 3 is 2.28 bits per heavy atom. The van der Waals surface area contributed by atoms with Gasteiger partial charge >= 0.3 is 0 Å². The highest BCUT2D eigenvalue weighted by atomic mass is 32.2. The molecule has 0 unspecified atom stereocenters. The number of benzene rings is 2. The van der Waals surface area contributed by atoms with Crippen LogP contribution < -0.4 is 9.46 Å². The number of rotatable bonds is 10. The molecule has 2 aromatic carbocycles. The number of hydrogen-bond donors (Lipinski definition) is 1. The van der Waals surface area contributed by atoms with E-state index in [1.54, 1.807) is 42.5 Å². The van der Waals surface area contributed by atoms with Crippen LogP contribution in [-0.4, -0.2) is 39.4 Å². The molecule has 0 radical (unpaired) electrons. The van der Waals surface area contributed by atoms with Crippen molar-refractivity contribution in [1.82, 2.24) is 10.2 Å². The lowest BCUT2D eigenvalue weighted by Crippen LogP contribution is -2.13. The maximum Gasteiger partial charge on any atom is 0.261 e. The van der Waals surface area contributed by atoms with Crippen molar-refractivity contribution in [2.24, 2.45) is 0 Å². The van der Waals surface area contributed by atoms with E-state index in [0.717, 1.165) is 12.8 Å². The van der Waals surface area contributed by atoms with Gasteiger partial charge in [0.15, 0.2) is 14.9 Å². The second-order valence-electron chi connectivity index (χ2n) is 7.02. The van der Waals surface area contributed by atoms with Crippen LogP contribution in [0.25, 0.3) is 11.3 Å². The third kappa shape index (κ3) is 5.83. The molecule has 1 N–H and O–H groups in total. The van der Waals surface area contributed by atoms with E-state index in [1.807, 2.05) is 0 Å². The third-order valence-corrected chi connectivity index (χ3v) is 7.66. The van der Waals surface area contributed by atoms with Crippen LogP contribution in [0.15, 0.2) is 70.6 Å². The van der Waals surface area contributed by atoms with E-state index in [-0.39, 0.29) is 15.7 Å². The molecule has 1 heterocycles. The largest absolute Gasteiger partial charge is 0.494 e. The van der Waals surface area contributed by atoms with Crippen molar-refractivity contribution in [3.05, 3.63) is 60.7 Å². The summed E-state index contributed by atoms with van der Waals surface area (Å²) in [7, 11) is -7.25. The molecular formula is C22H25N3O5S2. The summed E-state index contributed by atoms with van der Waals surface area (Å²) in [6.07, 6.45) is 1.95. The minimum atomic E-state index is -3.80. The monoisotopic (exact) mass is 475 g/mol. The highest BCUT2D eigenvalue weighted by Crippen LogP contribution is 2.24. The number of sulfonamides is 1. The number of hydrogen-bond acceptors (Lipinski definition) is 7. The number of nitrogens with one attached hydrogen (secondary N) is 1. The zero-order valence-corrected chi connectivity index (χ0v) is 19.5. The summed E-state index contributed by atoms with van der Waals surface area (Å²) in [5.74, 6) is 0.552. The fourth-order valence-corrected chi connectivity index (χ4v) is 4.58. The van der Waals surface area contributed by atoms with E-state index in [1.165, 1.54) is 25.1 Å². The first-order valence-electron chi connectivity index (χ1n) is 10.2. The van der Waals surface area contributed by atoms with Crippen molar-refractivity contribution in [3.8, 4) is 17.0 Å². The second kappa shape index (κ2) is 10.1. The molecule has 0 atom stereocenters. The molecular weight excluding hydrogens is 450 g/mol. The zero-order chi connectivity index (χ0) is 23.2. The van der Waals surface area contributed by atoms with Crippen molar-refractivity contribution in [2.45, 2.75) is 36.6 Å². The van der Waals surface area contributed by atoms with Gasteiger partial charge < -0.3 is 4.74 Å². The quantitative estimate of drug-likeness (QED) is 0.442. The highest BCUT2D eigenvalue weighted by molar-refractivity contribution is 7.92. The van der Waals surface area contributed by atoms with Gasteiger partial charge in [0.2, 0.25) is 0 Å². The van der Waals surface area contributed by atoms with Gasteiger partial charge in [-0.15, -0.1) is 10.2 Å². The van der Waals surface area contributed by atoms with Gasteiger partial charge in [-0.1, -0.05) is 32.4 Å². The Labute approximate surface area is 188 Å². The molecule has 0 saturated carbocycles. The van der Waals surface area contributed by atoms with Gasteiger partial charge in [0.05, 0.1) is 22.9 Å². The fourth-order valence-electron chi connectivity index (χ4n) is 2.79. The van der Waals surface area contributed by atoms with Crippen molar-refractivity contribution in [3.63, 3.8) is 0 Å². The van der Waals surface area contributed by atoms with Crippen molar-refractivity contribution in [2.75, 3.05) is 17.1 Å². The SMILES string of the molecule is CCCCOc1ccc(S(=O)(=O)Nc2cccc(-c3ccc(S(=O)(=O)CC)nn3)c2)cc1. The number of anilines is 1. The van der Waals surface area contributed by atoms with E-state index >= 15 is 0 Å². The van der Waals surface area contributed by atoms with Crippen molar-refractivity contribution < 1.29 is 21.6 Å². The summed E-state index contributed by atoms with van der Waals surface area (Å²) in [6.45, 7) is 4.19. The average Bonchev–Trinajstić information content (AvgIpc) is 2.79. The molecule has 3 aromatic rings. The molecule has 0 spiro atoms. The fraction of sp³-hybridized carbons (Fsp3) is 0.273. The van der Waals surface area contributed by atoms with Gasteiger partial charge in [-0.05, 0) is 55.0 Å². The summed E-state index contributed by atoms with van der Waals surface area (Å²) in [5, 5.41) is 7.68. The number of sulfone groups is 1. The maximum absolute atomic E-state index is 12.8. The van der Waals surface area contributed by atoms with E-state index in [2.05, 4.69) is 21.8 Å². The number of aromatic nitrogens is 2. The Hall–Kier alpha value is -2.98. The predicted octanol–water partition coefficient (Wildman–Crippen LogP) is 3.92.